The van der Waals surface area contributed by atoms with E-state index < -0.39 is 6.09 Å². The molecule has 0 aromatic heterocycles. The van der Waals surface area contributed by atoms with Crippen LogP contribution in [0.15, 0.2) is 97.1 Å². The molecule has 0 aliphatic carbocycles. The van der Waals surface area contributed by atoms with Gasteiger partial charge in [0, 0.05) is 65.4 Å². The van der Waals surface area contributed by atoms with Crippen molar-refractivity contribution in [2.45, 2.75) is 32.8 Å². The molecule has 54 heavy (non-hydrogen) atoms. The fourth-order valence-electron chi connectivity index (χ4n) is 6.33. The number of piperazine rings is 1. The molecule has 4 aromatic rings. The van der Waals surface area contributed by atoms with Gasteiger partial charge in [0.05, 0.1) is 27.9 Å². The fraction of sp³-hybridized carbons (Fsp3) is 0.381. The Balaban J connectivity index is 1.07. The van der Waals surface area contributed by atoms with Gasteiger partial charge in [0.15, 0.2) is 0 Å². The van der Waals surface area contributed by atoms with Crippen molar-refractivity contribution in [1.29, 1.82) is 0 Å². The average Bonchev–Trinajstić information content (AvgIpc) is 3.21. The van der Waals surface area contributed by atoms with Crippen LogP contribution in [0, 0.1) is 0 Å². The summed E-state index contributed by atoms with van der Waals surface area (Å²) in [5.74, 6) is 2.18. The van der Waals surface area contributed by atoms with Gasteiger partial charge in [0.1, 0.15) is 30.5 Å². The van der Waals surface area contributed by atoms with Crippen molar-refractivity contribution >= 4 is 12.2 Å². The Hall–Kier alpha value is -5.30. The van der Waals surface area contributed by atoms with E-state index in [-0.39, 0.29) is 25.9 Å². The number of aliphatic hydroxyl groups is 1. The minimum Gasteiger partial charge on any atom is -0.497 e. The van der Waals surface area contributed by atoms with Gasteiger partial charge >= 0.3 is 12.2 Å². The van der Waals surface area contributed by atoms with Crippen LogP contribution in [0.5, 0.6) is 17.2 Å². The molecule has 0 spiro atoms. The van der Waals surface area contributed by atoms with Crippen LogP contribution in [0.25, 0.3) is 0 Å². The van der Waals surface area contributed by atoms with Crippen molar-refractivity contribution in [2.75, 3.05) is 73.8 Å². The third-order valence-electron chi connectivity index (χ3n) is 9.32. The number of benzene rings is 4. The van der Waals surface area contributed by atoms with Gasteiger partial charge in [-0.25, -0.2) is 9.59 Å². The van der Waals surface area contributed by atoms with E-state index in [9.17, 15) is 14.7 Å². The summed E-state index contributed by atoms with van der Waals surface area (Å²) < 4.78 is 27.7. The van der Waals surface area contributed by atoms with Crippen LogP contribution < -0.4 is 14.2 Å². The molecule has 1 aliphatic rings. The number of carbonyl (C=O) groups is 2. The molecule has 1 heterocycles. The molecule has 1 saturated heterocycles. The van der Waals surface area contributed by atoms with Crippen LogP contribution in [0.2, 0.25) is 0 Å². The molecule has 0 saturated carbocycles. The van der Waals surface area contributed by atoms with Gasteiger partial charge in [-0.15, -0.1) is 0 Å². The second-order valence-electron chi connectivity index (χ2n) is 13.2. The van der Waals surface area contributed by atoms with E-state index in [2.05, 4.69) is 9.80 Å². The molecule has 1 N–H and O–H groups in total. The first-order valence-corrected chi connectivity index (χ1v) is 18.2. The maximum atomic E-state index is 13.4. The first-order chi connectivity index (χ1) is 26.3. The summed E-state index contributed by atoms with van der Waals surface area (Å²) in [5.41, 5.74) is 4.50. The Bertz CT molecular complexity index is 1550. The highest BCUT2D eigenvalue weighted by Crippen LogP contribution is 2.20. The van der Waals surface area contributed by atoms with Crippen LogP contribution in [0.3, 0.4) is 0 Å². The summed E-state index contributed by atoms with van der Waals surface area (Å²) in [4.78, 5) is 34.7. The molecule has 1 fully saturated rings. The van der Waals surface area contributed by atoms with E-state index >= 15 is 0 Å². The van der Waals surface area contributed by atoms with E-state index in [1.54, 1.807) is 31.1 Å². The lowest BCUT2D eigenvalue weighted by atomic mass is 10.1. The van der Waals surface area contributed by atoms with E-state index in [1.807, 2.05) is 97.1 Å². The number of amides is 2. The lowest BCUT2D eigenvalue weighted by Crippen LogP contribution is -2.48. The third kappa shape index (κ3) is 12.4. The van der Waals surface area contributed by atoms with E-state index in [1.165, 1.54) is 0 Å². The van der Waals surface area contributed by atoms with Gasteiger partial charge < -0.3 is 28.8 Å². The van der Waals surface area contributed by atoms with Crippen LogP contribution in [-0.2, 0) is 42.3 Å². The number of methoxy groups -OCH3 is 3. The largest absolute Gasteiger partial charge is 0.497 e. The van der Waals surface area contributed by atoms with Gasteiger partial charge in [-0.2, -0.15) is 0 Å². The number of aliphatic hydroxyl groups excluding tert-OH is 1. The van der Waals surface area contributed by atoms with E-state index in [4.69, 9.17) is 23.7 Å². The number of ether oxygens (including phenoxy) is 5. The van der Waals surface area contributed by atoms with E-state index in [0.717, 1.165) is 71.2 Å². The Morgan fingerprint density at radius 3 is 1.22 bits per heavy atom. The van der Waals surface area contributed by atoms with Gasteiger partial charge in [-0.1, -0.05) is 60.7 Å². The highest BCUT2D eigenvalue weighted by Gasteiger charge is 2.22. The minimum atomic E-state index is -0.403. The Morgan fingerprint density at radius 1 is 0.537 bits per heavy atom. The molecule has 0 radical (unpaired) electrons. The van der Waals surface area contributed by atoms with Gasteiger partial charge in [0.25, 0.3) is 0 Å². The number of nitrogens with zero attached hydrogens (tertiary/aromatic N) is 4. The molecule has 1 aliphatic heterocycles. The minimum absolute atomic E-state index is 0.0681. The fourth-order valence-corrected chi connectivity index (χ4v) is 6.33. The number of rotatable bonds is 18. The number of hydrogen-bond donors (Lipinski definition) is 1. The highest BCUT2D eigenvalue weighted by molar-refractivity contribution is 5.68. The van der Waals surface area contributed by atoms with Crippen molar-refractivity contribution in [1.82, 2.24) is 19.6 Å². The van der Waals surface area contributed by atoms with Crippen molar-refractivity contribution in [3.05, 3.63) is 125 Å². The SMILES string of the molecule is COc1cccc(CN(Cc2cccc(CO)c2)C(=O)OCCN2CCN(CCOC(=O)N(Cc3cccc(OC)c3)Cc3cccc(OC)c3)CC2)c1. The summed E-state index contributed by atoms with van der Waals surface area (Å²) in [5, 5.41) is 9.60. The number of hydrogen-bond acceptors (Lipinski definition) is 10. The van der Waals surface area contributed by atoms with Crippen LogP contribution in [0.4, 0.5) is 9.59 Å². The first kappa shape index (κ1) is 39.9. The van der Waals surface area contributed by atoms with Crippen LogP contribution in [0.1, 0.15) is 27.8 Å². The zero-order valence-electron chi connectivity index (χ0n) is 31.5. The smallest absolute Gasteiger partial charge is 0.410 e. The van der Waals surface area contributed by atoms with Crippen molar-refractivity contribution in [3.8, 4) is 17.2 Å². The third-order valence-corrected chi connectivity index (χ3v) is 9.32. The molecule has 12 heteroatoms. The average molecular weight is 741 g/mol. The molecule has 4 aromatic carbocycles. The molecule has 0 unspecified atom stereocenters. The molecule has 5 rings (SSSR count). The topological polar surface area (TPSA) is 113 Å². The van der Waals surface area contributed by atoms with Crippen LogP contribution >= 0.6 is 0 Å². The van der Waals surface area contributed by atoms with Crippen molar-refractivity contribution in [3.63, 3.8) is 0 Å². The normalized spacial score (nSPS) is 13.2. The van der Waals surface area contributed by atoms with Gasteiger partial charge in [0.2, 0.25) is 0 Å². The predicted molar refractivity (Wildman–Crippen MR) is 205 cm³/mol. The second kappa shape index (κ2) is 20.8. The molecule has 0 bridgehead atoms. The van der Waals surface area contributed by atoms with Crippen molar-refractivity contribution < 1.29 is 38.4 Å². The van der Waals surface area contributed by atoms with Crippen LogP contribution in [-0.4, -0.2) is 111 Å². The molecule has 0 atom stereocenters. The molecule has 288 valence electrons. The lowest BCUT2D eigenvalue weighted by molar-refractivity contribution is 0.0586. The maximum Gasteiger partial charge on any atom is 0.410 e. The van der Waals surface area contributed by atoms with E-state index in [0.29, 0.717) is 39.3 Å². The quantitative estimate of drug-likeness (QED) is 0.134. The maximum absolute atomic E-state index is 13.4. The summed E-state index contributed by atoms with van der Waals surface area (Å²) in [6.45, 7) is 6.37. The molecule has 2 amide bonds. The summed E-state index contributed by atoms with van der Waals surface area (Å²) in [6, 6.07) is 30.5. The summed E-state index contributed by atoms with van der Waals surface area (Å²) in [7, 11) is 4.86. The lowest BCUT2D eigenvalue weighted by Gasteiger charge is -2.34. The Labute approximate surface area is 318 Å². The van der Waals surface area contributed by atoms with Gasteiger partial charge in [-0.05, 0) is 64.2 Å². The zero-order chi connectivity index (χ0) is 38.1. The van der Waals surface area contributed by atoms with Crippen molar-refractivity contribution in [2.24, 2.45) is 0 Å². The predicted octanol–water partition coefficient (Wildman–Crippen LogP) is 5.80. The Morgan fingerprint density at radius 2 is 0.870 bits per heavy atom. The standard InChI is InChI=1S/C42H52N4O8/c1-50-38-13-5-9-34(25-38)29-45(28-33-8-4-12-37(24-33)32-47)41(48)53-22-20-43-16-18-44(19-17-43)21-23-54-42(49)46(30-35-10-6-14-39(26-35)51-2)31-36-11-7-15-40(27-36)52-3/h4-15,24-27,47H,16-23,28-32H2,1-3H3. The molecule has 12 nitrogen and oxygen atoms in total. The Kier molecular flexibility index (Phi) is 15.4. The number of carbonyl (C=O) groups excluding carboxylic acids is 2. The van der Waals surface area contributed by atoms with Gasteiger partial charge in [-0.3, -0.25) is 19.6 Å². The summed E-state index contributed by atoms with van der Waals surface area (Å²) >= 11 is 0. The first-order valence-electron chi connectivity index (χ1n) is 18.2. The second-order valence-corrected chi connectivity index (χ2v) is 13.2. The highest BCUT2D eigenvalue weighted by atomic mass is 16.6. The molecular formula is C42H52N4O8. The zero-order valence-corrected chi connectivity index (χ0v) is 31.5. The molecular weight excluding hydrogens is 688 g/mol. The monoisotopic (exact) mass is 740 g/mol. The summed E-state index contributed by atoms with van der Waals surface area (Å²) in [6.07, 6.45) is -0.790.